The average Bonchev–Trinajstić information content (AvgIpc) is 2.81. The number of hydrogen-bond donors (Lipinski definition) is 1. The summed E-state index contributed by atoms with van der Waals surface area (Å²) < 4.78 is 0. The Morgan fingerprint density at radius 2 is 2.38 bits per heavy atom. The number of carboxylic acids is 1. The minimum absolute atomic E-state index is 0.387. The van der Waals surface area contributed by atoms with Crippen LogP contribution < -0.4 is 0 Å². The molecule has 1 aromatic heterocycles. The molecule has 3 heteroatoms. The first-order chi connectivity index (χ1) is 7.74. The first kappa shape index (κ1) is 10.9. The van der Waals surface area contributed by atoms with Gasteiger partial charge in [-0.25, -0.2) is 4.79 Å². The van der Waals surface area contributed by atoms with E-state index in [1.165, 1.54) is 0 Å². The van der Waals surface area contributed by atoms with Crippen molar-refractivity contribution in [3.8, 4) is 0 Å². The van der Waals surface area contributed by atoms with Gasteiger partial charge in [0.25, 0.3) is 0 Å². The van der Waals surface area contributed by atoms with Gasteiger partial charge in [-0.15, -0.1) is 0 Å². The topological polar surface area (TPSA) is 50.2 Å². The molecule has 1 heterocycles. The summed E-state index contributed by atoms with van der Waals surface area (Å²) >= 11 is 0. The van der Waals surface area contributed by atoms with Crippen molar-refractivity contribution in [1.29, 1.82) is 0 Å². The number of hydrogen-bond acceptors (Lipinski definition) is 2. The molecular weight excluding hydrogens is 202 g/mol. The summed E-state index contributed by atoms with van der Waals surface area (Å²) in [5.74, 6) is -0.868. The molecule has 0 aliphatic heterocycles. The smallest absolute Gasteiger partial charge is 0.338 e. The lowest BCUT2D eigenvalue weighted by atomic mass is 9.98. The van der Waals surface area contributed by atoms with Crippen molar-refractivity contribution < 1.29 is 9.90 Å². The lowest BCUT2D eigenvalue weighted by Crippen LogP contribution is -2.08. The van der Waals surface area contributed by atoms with Gasteiger partial charge in [0.2, 0.25) is 0 Å². The fourth-order valence-electron chi connectivity index (χ4n) is 2.19. The van der Waals surface area contributed by atoms with Gasteiger partial charge in [0.1, 0.15) is 0 Å². The predicted molar refractivity (Wildman–Crippen MR) is 62.4 cm³/mol. The van der Waals surface area contributed by atoms with Crippen LogP contribution in [0.5, 0.6) is 0 Å². The Kier molecular flexibility index (Phi) is 3.04. The number of carboxylic acid groups (broad SMARTS) is 1. The summed E-state index contributed by atoms with van der Waals surface area (Å²) in [6, 6.07) is 1.82. The van der Waals surface area contributed by atoms with E-state index in [4.69, 9.17) is 0 Å². The van der Waals surface area contributed by atoms with Crippen LogP contribution in [0.15, 0.2) is 18.3 Å². The van der Waals surface area contributed by atoms with Gasteiger partial charge < -0.3 is 5.11 Å². The standard InChI is InChI=1S/C13H15NO2/c1-2-11-12(13(15)16)10(7-8-14-11)9-5-3-4-6-9/h5,7-8H,2-4,6H2,1H3,(H,15,16). The van der Waals surface area contributed by atoms with E-state index in [-0.39, 0.29) is 0 Å². The van der Waals surface area contributed by atoms with E-state index in [0.717, 1.165) is 30.4 Å². The van der Waals surface area contributed by atoms with Crippen LogP contribution in [-0.4, -0.2) is 16.1 Å². The summed E-state index contributed by atoms with van der Waals surface area (Å²) in [5.41, 5.74) is 3.09. The average molecular weight is 217 g/mol. The second kappa shape index (κ2) is 4.47. The van der Waals surface area contributed by atoms with Crippen LogP contribution in [0.25, 0.3) is 5.57 Å². The lowest BCUT2D eigenvalue weighted by Gasteiger charge is -2.10. The molecule has 16 heavy (non-hydrogen) atoms. The molecule has 0 aromatic carbocycles. The number of pyridine rings is 1. The highest BCUT2D eigenvalue weighted by molar-refractivity contribution is 5.95. The normalized spacial score (nSPS) is 14.9. The zero-order valence-corrected chi connectivity index (χ0v) is 9.36. The number of nitrogens with zero attached hydrogens (tertiary/aromatic N) is 1. The molecule has 0 amide bonds. The van der Waals surface area contributed by atoms with E-state index in [2.05, 4.69) is 11.1 Å². The molecule has 0 saturated heterocycles. The molecule has 1 N–H and O–H groups in total. The van der Waals surface area contributed by atoms with E-state index in [1.807, 2.05) is 13.0 Å². The van der Waals surface area contributed by atoms with Crippen molar-refractivity contribution in [2.75, 3.05) is 0 Å². The third-order valence-corrected chi connectivity index (χ3v) is 2.97. The molecule has 0 atom stereocenters. The number of carbonyl (C=O) groups is 1. The Hall–Kier alpha value is -1.64. The third-order valence-electron chi connectivity index (χ3n) is 2.97. The fraction of sp³-hybridized carbons (Fsp3) is 0.385. The van der Waals surface area contributed by atoms with E-state index in [1.54, 1.807) is 6.20 Å². The largest absolute Gasteiger partial charge is 0.478 e. The highest BCUT2D eigenvalue weighted by atomic mass is 16.4. The van der Waals surface area contributed by atoms with Crippen molar-refractivity contribution in [2.24, 2.45) is 0 Å². The summed E-state index contributed by atoms with van der Waals surface area (Å²) in [5, 5.41) is 9.27. The molecule has 0 saturated carbocycles. The summed E-state index contributed by atoms with van der Waals surface area (Å²) in [6.45, 7) is 1.93. The van der Waals surface area contributed by atoms with Crippen molar-refractivity contribution in [3.63, 3.8) is 0 Å². The third kappa shape index (κ3) is 1.85. The number of aromatic nitrogens is 1. The van der Waals surface area contributed by atoms with Gasteiger partial charge in [-0.1, -0.05) is 13.0 Å². The molecule has 1 aromatic rings. The molecule has 1 aliphatic rings. The van der Waals surface area contributed by atoms with Crippen LogP contribution in [0, 0.1) is 0 Å². The molecule has 84 valence electrons. The second-order valence-corrected chi connectivity index (χ2v) is 3.96. The van der Waals surface area contributed by atoms with Gasteiger partial charge in [-0.3, -0.25) is 4.98 Å². The Labute approximate surface area is 94.8 Å². The van der Waals surface area contributed by atoms with Gasteiger partial charge in [-0.05, 0) is 42.9 Å². The maximum atomic E-state index is 11.3. The van der Waals surface area contributed by atoms with Gasteiger partial charge in [0, 0.05) is 6.20 Å². The summed E-state index contributed by atoms with van der Waals surface area (Å²) in [4.78, 5) is 15.4. The van der Waals surface area contributed by atoms with Crippen molar-refractivity contribution >= 4 is 11.5 Å². The number of rotatable bonds is 3. The van der Waals surface area contributed by atoms with Crippen molar-refractivity contribution in [3.05, 3.63) is 35.2 Å². The van der Waals surface area contributed by atoms with Crippen molar-refractivity contribution in [2.45, 2.75) is 32.6 Å². The minimum atomic E-state index is -0.868. The van der Waals surface area contributed by atoms with Gasteiger partial charge in [0.05, 0.1) is 11.3 Å². The predicted octanol–water partition coefficient (Wildman–Crippen LogP) is 2.91. The van der Waals surface area contributed by atoms with Crippen LogP contribution in [0.3, 0.4) is 0 Å². The molecule has 0 radical (unpaired) electrons. The zero-order chi connectivity index (χ0) is 11.5. The Balaban J connectivity index is 2.55. The quantitative estimate of drug-likeness (QED) is 0.846. The molecule has 0 spiro atoms. The Morgan fingerprint density at radius 1 is 1.56 bits per heavy atom. The summed E-state index contributed by atoms with van der Waals surface area (Å²) in [7, 11) is 0. The number of aryl methyl sites for hydroxylation is 1. The molecule has 0 unspecified atom stereocenters. The maximum absolute atomic E-state index is 11.3. The van der Waals surface area contributed by atoms with Gasteiger partial charge >= 0.3 is 5.97 Å². The van der Waals surface area contributed by atoms with E-state index >= 15 is 0 Å². The monoisotopic (exact) mass is 217 g/mol. The molecule has 1 aliphatic carbocycles. The molecule has 2 rings (SSSR count). The Morgan fingerprint density at radius 3 is 2.94 bits per heavy atom. The van der Waals surface area contributed by atoms with Crippen LogP contribution in [0.2, 0.25) is 0 Å². The molecule has 3 nitrogen and oxygen atoms in total. The van der Waals surface area contributed by atoms with E-state index < -0.39 is 5.97 Å². The number of aromatic carboxylic acids is 1. The highest BCUT2D eigenvalue weighted by Gasteiger charge is 2.19. The SMILES string of the molecule is CCc1nccc(C2=CCCC2)c1C(=O)O. The first-order valence-electron chi connectivity index (χ1n) is 5.64. The maximum Gasteiger partial charge on any atom is 0.338 e. The van der Waals surface area contributed by atoms with Gasteiger partial charge in [0.15, 0.2) is 0 Å². The molecular formula is C13H15NO2. The van der Waals surface area contributed by atoms with Crippen LogP contribution in [0.1, 0.15) is 47.8 Å². The number of allylic oxidation sites excluding steroid dienone is 2. The van der Waals surface area contributed by atoms with E-state index in [0.29, 0.717) is 17.7 Å². The fourth-order valence-corrected chi connectivity index (χ4v) is 2.19. The van der Waals surface area contributed by atoms with Crippen LogP contribution in [-0.2, 0) is 6.42 Å². The lowest BCUT2D eigenvalue weighted by molar-refractivity contribution is 0.0695. The second-order valence-electron chi connectivity index (χ2n) is 3.96. The van der Waals surface area contributed by atoms with Gasteiger partial charge in [-0.2, -0.15) is 0 Å². The Bertz CT molecular complexity index is 449. The molecule has 0 bridgehead atoms. The zero-order valence-electron chi connectivity index (χ0n) is 9.36. The van der Waals surface area contributed by atoms with E-state index in [9.17, 15) is 9.90 Å². The minimum Gasteiger partial charge on any atom is -0.478 e. The van der Waals surface area contributed by atoms with Crippen molar-refractivity contribution in [1.82, 2.24) is 4.98 Å². The van der Waals surface area contributed by atoms with Crippen LogP contribution in [0.4, 0.5) is 0 Å². The molecule has 0 fully saturated rings. The highest BCUT2D eigenvalue weighted by Crippen LogP contribution is 2.30. The summed E-state index contributed by atoms with van der Waals surface area (Å²) in [6.07, 6.45) is 7.66. The van der Waals surface area contributed by atoms with Crippen LogP contribution >= 0.6 is 0 Å². The first-order valence-corrected chi connectivity index (χ1v) is 5.64.